The van der Waals surface area contributed by atoms with Crippen molar-refractivity contribution in [2.75, 3.05) is 0 Å². The molecule has 1 aromatic rings. The van der Waals surface area contributed by atoms with Crippen LogP contribution in [0.1, 0.15) is 0 Å². The van der Waals surface area contributed by atoms with Gasteiger partial charge in [-0.3, -0.25) is 4.21 Å². The second-order valence-electron chi connectivity index (χ2n) is 1.97. The Morgan fingerprint density at radius 2 is 2.25 bits per heavy atom. The molecule has 0 saturated heterocycles. The van der Waals surface area contributed by atoms with Gasteiger partial charge in [-0.1, -0.05) is 6.07 Å². The van der Waals surface area contributed by atoms with Crippen LogP contribution >= 0.6 is 11.9 Å². The molecular formula is C6H5BClFO3. The van der Waals surface area contributed by atoms with Crippen LogP contribution in [0.5, 0.6) is 5.75 Å². The van der Waals surface area contributed by atoms with E-state index in [1.54, 1.807) is 0 Å². The van der Waals surface area contributed by atoms with E-state index in [-0.39, 0.29) is 5.75 Å². The summed E-state index contributed by atoms with van der Waals surface area (Å²) in [6.45, 7) is 0. The first kappa shape index (κ1) is 9.31. The van der Waals surface area contributed by atoms with Gasteiger partial charge in [0.1, 0.15) is 11.6 Å². The van der Waals surface area contributed by atoms with Crippen LogP contribution in [0, 0.1) is 5.82 Å². The maximum atomic E-state index is 12.5. The highest BCUT2D eigenvalue weighted by atomic mass is 35.5. The van der Waals surface area contributed by atoms with Gasteiger partial charge >= 0.3 is 7.32 Å². The van der Waals surface area contributed by atoms with Gasteiger partial charge in [0.25, 0.3) is 0 Å². The zero-order chi connectivity index (χ0) is 8.97. The minimum absolute atomic E-state index is 0.142. The zero-order valence-corrected chi connectivity index (χ0v) is 6.66. The molecule has 0 bridgehead atoms. The molecule has 0 saturated carbocycles. The molecule has 0 atom stereocenters. The average molecular weight is 190 g/mol. The molecule has 12 heavy (non-hydrogen) atoms. The molecule has 6 heteroatoms. The molecule has 0 aliphatic heterocycles. The van der Waals surface area contributed by atoms with Gasteiger partial charge in [0.15, 0.2) is 0 Å². The third-order valence-electron chi connectivity index (χ3n) is 1.11. The van der Waals surface area contributed by atoms with Gasteiger partial charge in [-0.25, -0.2) is 4.39 Å². The number of halogens is 2. The highest BCUT2D eigenvalue weighted by Gasteiger charge is 2.17. The van der Waals surface area contributed by atoms with Crippen LogP contribution in [0.3, 0.4) is 0 Å². The smallest absolute Gasteiger partial charge is 0.511 e. The van der Waals surface area contributed by atoms with Gasteiger partial charge in [-0.05, 0) is 12.1 Å². The summed E-state index contributed by atoms with van der Waals surface area (Å²) in [5.74, 6) is -0.322. The molecule has 1 N–H and O–H groups in total. The molecule has 0 heterocycles. The lowest BCUT2D eigenvalue weighted by atomic mass is 10.2. The SMILES string of the molecule is OB(OCl)Oc1cccc(F)c1. The van der Waals surface area contributed by atoms with Crippen molar-refractivity contribution in [3.8, 4) is 5.75 Å². The van der Waals surface area contributed by atoms with Gasteiger partial charge < -0.3 is 9.68 Å². The van der Waals surface area contributed by atoms with E-state index < -0.39 is 13.1 Å². The quantitative estimate of drug-likeness (QED) is 0.731. The van der Waals surface area contributed by atoms with E-state index in [0.29, 0.717) is 0 Å². The third-order valence-corrected chi connectivity index (χ3v) is 1.26. The standard InChI is InChI=1S/C6H5BClFO3/c8-12-7(10)11-6-3-1-2-5(9)4-6/h1-4,10H. The summed E-state index contributed by atoms with van der Waals surface area (Å²) in [6, 6.07) is 5.24. The molecule has 3 nitrogen and oxygen atoms in total. The van der Waals surface area contributed by atoms with Gasteiger partial charge in [-0.2, -0.15) is 0 Å². The molecule has 0 spiro atoms. The summed E-state index contributed by atoms with van der Waals surface area (Å²) < 4.78 is 21.0. The number of hydrogen-bond acceptors (Lipinski definition) is 3. The van der Waals surface area contributed by atoms with Gasteiger partial charge in [-0.15, -0.1) is 0 Å². The first-order valence-corrected chi connectivity index (χ1v) is 3.41. The van der Waals surface area contributed by atoms with Crippen molar-refractivity contribution < 1.29 is 18.3 Å². The van der Waals surface area contributed by atoms with Crippen LogP contribution in [0.2, 0.25) is 0 Å². The zero-order valence-electron chi connectivity index (χ0n) is 5.91. The summed E-state index contributed by atoms with van der Waals surface area (Å²) in [7, 11) is -1.59. The first-order chi connectivity index (χ1) is 5.72. The van der Waals surface area contributed by atoms with E-state index in [1.807, 2.05) is 0 Å². The molecule has 0 aliphatic rings. The summed E-state index contributed by atoms with van der Waals surface area (Å²) in [6.07, 6.45) is 0. The van der Waals surface area contributed by atoms with Crippen molar-refractivity contribution in [2.45, 2.75) is 0 Å². The molecule has 64 valence electrons. The van der Waals surface area contributed by atoms with Crippen LogP contribution in [0.4, 0.5) is 4.39 Å². The van der Waals surface area contributed by atoms with Gasteiger partial charge in [0.05, 0.1) is 0 Å². The normalized spacial score (nSPS) is 9.58. The van der Waals surface area contributed by atoms with E-state index in [9.17, 15) is 4.39 Å². The van der Waals surface area contributed by atoms with Crippen LogP contribution < -0.4 is 4.65 Å². The maximum Gasteiger partial charge on any atom is 0.727 e. The van der Waals surface area contributed by atoms with E-state index in [2.05, 4.69) is 8.86 Å². The highest BCUT2D eigenvalue weighted by molar-refractivity contribution is 6.42. The largest absolute Gasteiger partial charge is 0.727 e. The topological polar surface area (TPSA) is 38.7 Å². The van der Waals surface area contributed by atoms with Crippen LogP contribution in [-0.2, 0) is 4.21 Å². The molecule has 0 aliphatic carbocycles. The van der Waals surface area contributed by atoms with Crippen molar-refractivity contribution in [3.05, 3.63) is 30.1 Å². The fourth-order valence-electron chi connectivity index (χ4n) is 0.675. The average Bonchev–Trinajstić information content (AvgIpc) is 2.04. The van der Waals surface area contributed by atoms with E-state index >= 15 is 0 Å². The van der Waals surface area contributed by atoms with E-state index in [1.165, 1.54) is 18.2 Å². The van der Waals surface area contributed by atoms with E-state index in [0.717, 1.165) is 6.07 Å². The molecule has 0 amide bonds. The first-order valence-electron chi connectivity index (χ1n) is 3.10. The number of hydrogen-bond donors (Lipinski definition) is 1. The summed E-state index contributed by atoms with van der Waals surface area (Å²) in [4.78, 5) is 0. The lowest BCUT2D eigenvalue weighted by Gasteiger charge is -2.04. The van der Waals surface area contributed by atoms with Crippen molar-refractivity contribution in [1.82, 2.24) is 0 Å². The molecule has 0 unspecified atom stereocenters. The summed E-state index contributed by atoms with van der Waals surface area (Å²) in [5, 5.41) is 8.70. The van der Waals surface area contributed by atoms with Crippen molar-refractivity contribution in [1.29, 1.82) is 0 Å². The summed E-state index contributed by atoms with van der Waals surface area (Å²) in [5.41, 5.74) is 0. The number of benzene rings is 1. The predicted octanol–water partition coefficient (Wildman–Crippen LogP) is 1.35. The lowest BCUT2D eigenvalue weighted by molar-refractivity contribution is 0.309. The second kappa shape index (κ2) is 4.30. The molecule has 0 aromatic heterocycles. The Morgan fingerprint density at radius 3 is 2.83 bits per heavy atom. The Kier molecular flexibility index (Phi) is 3.34. The number of rotatable bonds is 3. The Hall–Kier alpha value is -0.775. The van der Waals surface area contributed by atoms with Crippen LogP contribution in [-0.4, -0.2) is 12.3 Å². The van der Waals surface area contributed by atoms with Crippen molar-refractivity contribution in [3.63, 3.8) is 0 Å². The fraction of sp³-hybridized carbons (Fsp3) is 0. The second-order valence-corrected chi connectivity index (χ2v) is 2.15. The predicted molar refractivity (Wildman–Crippen MR) is 41.9 cm³/mol. The van der Waals surface area contributed by atoms with Gasteiger partial charge in [0.2, 0.25) is 0 Å². The minimum Gasteiger partial charge on any atom is -0.511 e. The maximum absolute atomic E-state index is 12.5. The monoisotopic (exact) mass is 190 g/mol. The summed E-state index contributed by atoms with van der Waals surface area (Å²) >= 11 is 4.77. The fourth-order valence-corrected chi connectivity index (χ4v) is 0.711. The Morgan fingerprint density at radius 1 is 1.50 bits per heavy atom. The highest BCUT2D eigenvalue weighted by Crippen LogP contribution is 2.12. The van der Waals surface area contributed by atoms with Crippen LogP contribution in [0.15, 0.2) is 24.3 Å². The molecule has 0 radical (unpaired) electrons. The van der Waals surface area contributed by atoms with Crippen molar-refractivity contribution in [2.24, 2.45) is 0 Å². The Labute approximate surface area is 74.0 Å². The minimum atomic E-state index is -1.59. The van der Waals surface area contributed by atoms with Gasteiger partial charge in [0, 0.05) is 17.9 Å². The molecule has 1 rings (SSSR count). The van der Waals surface area contributed by atoms with Crippen LogP contribution in [0.25, 0.3) is 0 Å². The third kappa shape index (κ3) is 2.69. The van der Waals surface area contributed by atoms with E-state index in [4.69, 9.17) is 16.9 Å². The lowest BCUT2D eigenvalue weighted by Crippen LogP contribution is -2.21. The molecule has 0 fully saturated rings. The molecular weight excluding hydrogens is 185 g/mol. The van der Waals surface area contributed by atoms with Crippen molar-refractivity contribution >= 4 is 19.2 Å². The Balaban J connectivity index is 2.63. The Bertz CT molecular complexity index is 260. The molecule has 1 aromatic carbocycles.